The van der Waals surface area contributed by atoms with Gasteiger partial charge in [0.25, 0.3) is 0 Å². The van der Waals surface area contributed by atoms with Gasteiger partial charge >= 0.3 is 5.97 Å². The van der Waals surface area contributed by atoms with Crippen LogP contribution in [0.3, 0.4) is 0 Å². The van der Waals surface area contributed by atoms with Crippen molar-refractivity contribution in [2.45, 2.75) is 232 Å². The number of hydrogen-bond acceptors (Lipinski definition) is 5. The Balaban J connectivity index is 4.83. The molecule has 0 aromatic carbocycles. The molecule has 65 heavy (non-hydrogen) atoms. The minimum atomic E-state index is -0.832. The quantitative estimate of drug-likeness (QED) is 0.0245. The average Bonchev–Trinajstić information content (AvgIpc) is 3.30. The fourth-order valence-corrected chi connectivity index (χ4v) is 7.20. The summed E-state index contributed by atoms with van der Waals surface area (Å²) in [4.78, 5) is 26.1. The van der Waals surface area contributed by atoms with Crippen molar-refractivity contribution in [1.29, 1.82) is 0 Å². The van der Waals surface area contributed by atoms with Crippen LogP contribution >= 0.6 is 0 Å². The topological polar surface area (TPSA) is 95.9 Å². The van der Waals surface area contributed by atoms with Crippen LogP contribution in [-0.2, 0) is 14.3 Å². The number of unbranched alkanes of at least 4 members (excludes halogenated alkanes) is 18. The first-order valence-corrected chi connectivity index (χ1v) is 26.3. The second-order valence-corrected chi connectivity index (χ2v) is 17.3. The van der Waals surface area contributed by atoms with E-state index in [1.165, 1.54) is 70.6 Å². The van der Waals surface area contributed by atoms with E-state index >= 15 is 0 Å². The van der Waals surface area contributed by atoms with Gasteiger partial charge in [0, 0.05) is 6.42 Å². The molecule has 0 fully saturated rings. The number of esters is 1. The highest BCUT2D eigenvalue weighted by Gasteiger charge is 2.23. The maximum atomic E-state index is 13.2. The van der Waals surface area contributed by atoms with E-state index in [4.69, 9.17) is 4.74 Å². The van der Waals surface area contributed by atoms with Crippen LogP contribution in [0.2, 0.25) is 0 Å². The van der Waals surface area contributed by atoms with Gasteiger partial charge in [-0.15, -0.1) is 0 Å². The molecule has 1 amide bonds. The molecule has 6 nitrogen and oxygen atoms in total. The SMILES string of the molecule is CC/C=C\C/C=C\C/C=C\C/C=C\C/C=C\C/C=C\C(CC(=O)NC(CO)C(O)CCCCCCCCCCCCCCCC)OC(=O)CCCCCCC\C=C/C=C/C=C/C=C/CC. The van der Waals surface area contributed by atoms with Gasteiger partial charge in [0.2, 0.25) is 5.91 Å². The van der Waals surface area contributed by atoms with Gasteiger partial charge in [0.05, 0.1) is 25.2 Å². The lowest BCUT2D eigenvalue weighted by atomic mass is 10.0. The van der Waals surface area contributed by atoms with Crippen LogP contribution in [0.1, 0.15) is 213 Å². The molecule has 368 valence electrons. The highest BCUT2D eigenvalue weighted by atomic mass is 16.5. The van der Waals surface area contributed by atoms with Crippen LogP contribution in [0.4, 0.5) is 0 Å². The predicted octanol–water partition coefficient (Wildman–Crippen LogP) is 16.1. The third kappa shape index (κ3) is 46.6. The lowest BCUT2D eigenvalue weighted by Crippen LogP contribution is -2.46. The van der Waals surface area contributed by atoms with E-state index in [1.54, 1.807) is 6.08 Å². The third-order valence-corrected chi connectivity index (χ3v) is 11.1. The normalized spacial score (nSPS) is 14.2. The summed E-state index contributed by atoms with van der Waals surface area (Å²) >= 11 is 0. The number of ether oxygens (including phenoxy) is 1. The van der Waals surface area contributed by atoms with Crippen molar-refractivity contribution < 1.29 is 24.5 Å². The lowest BCUT2D eigenvalue weighted by molar-refractivity contribution is -0.148. The van der Waals surface area contributed by atoms with Crippen LogP contribution < -0.4 is 5.32 Å². The van der Waals surface area contributed by atoms with Crippen LogP contribution in [0.25, 0.3) is 0 Å². The number of aliphatic hydroxyl groups excluding tert-OH is 2. The molecule has 0 saturated carbocycles. The van der Waals surface area contributed by atoms with Crippen molar-refractivity contribution in [2.75, 3.05) is 6.61 Å². The Hall–Kier alpha value is -3.74. The smallest absolute Gasteiger partial charge is 0.306 e. The van der Waals surface area contributed by atoms with Crippen molar-refractivity contribution in [3.8, 4) is 0 Å². The van der Waals surface area contributed by atoms with Gasteiger partial charge in [-0.2, -0.15) is 0 Å². The molecule has 3 unspecified atom stereocenters. The van der Waals surface area contributed by atoms with Gasteiger partial charge in [-0.3, -0.25) is 9.59 Å². The Morgan fingerprint density at radius 2 is 0.923 bits per heavy atom. The fraction of sp³-hybridized carbons (Fsp3) is 0.627. The molecule has 0 aromatic heterocycles. The van der Waals surface area contributed by atoms with Gasteiger partial charge in [0.1, 0.15) is 6.10 Å². The van der Waals surface area contributed by atoms with Crippen molar-refractivity contribution in [1.82, 2.24) is 5.32 Å². The molecule has 0 heterocycles. The summed E-state index contributed by atoms with van der Waals surface area (Å²) in [5, 5.41) is 23.7. The number of carbonyl (C=O) groups excluding carboxylic acids is 2. The average molecular weight is 900 g/mol. The second kappa shape index (κ2) is 51.2. The zero-order chi connectivity index (χ0) is 47.4. The number of nitrogens with one attached hydrogen (secondary N) is 1. The van der Waals surface area contributed by atoms with E-state index in [1.807, 2.05) is 24.3 Å². The van der Waals surface area contributed by atoms with E-state index in [0.717, 1.165) is 96.3 Å². The maximum Gasteiger partial charge on any atom is 0.306 e. The summed E-state index contributed by atoms with van der Waals surface area (Å²) < 4.78 is 5.82. The number of rotatable bonds is 45. The number of amides is 1. The minimum absolute atomic E-state index is 0.0646. The summed E-state index contributed by atoms with van der Waals surface area (Å²) in [6.07, 6.45) is 71.4. The molecule has 0 bridgehead atoms. The number of carbonyl (C=O) groups is 2. The van der Waals surface area contributed by atoms with Crippen molar-refractivity contribution >= 4 is 11.9 Å². The summed E-state index contributed by atoms with van der Waals surface area (Å²) in [6, 6.07) is -0.756. The predicted molar refractivity (Wildman–Crippen MR) is 282 cm³/mol. The van der Waals surface area contributed by atoms with E-state index in [2.05, 4.69) is 117 Å². The highest BCUT2D eigenvalue weighted by molar-refractivity contribution is 5.78. The molecule has 0 spiro atoms. The number of aliphatic hydroxyl groups is 2. The Bertz CT molecular complexity index is 1380. The standard InChI is InChI=1S/C59H97NO5/c1-4-7-10-13-16-19-22-25-28-29-31-32-35-38-41-44-47-50-55(65-59(64)52-49-46-43-40-37-34-30-26-23-20-17-14-11-8-5-2)53-58(63)60-56(54-61)57(62)51-48-45-42-39-36-33-27-24-21-18-15-12-9-6-3/h7-8,10-11,14,16-17,19-20,23,25-26,28,30-32,38,41,47,50,55-57,61-62H,4-6,9,12-13,15,18,21-22,24,27,29,33-37,39-40,42-46,48-49,51-54H2,1-3H3,(H,60,63)/b10-7-,11-8+,17-14+,19-16-,23-20+,28-25-,30-26-,32-31-,41-38-,50-47-. The van der Waals surface area contributed by atoms with Crippen LogP contribution in [0, 0.1) is 0 Å². The summed E-state index contributed by atoms with van der Waals surface area (Å²) in [7, 11) is 0. The summed E-state index contributed by atoms with van der Waals surface area (Å²) in [5.41, 5.74) is 0. The lowest BCUT2D eigenvalue weighted by Gasteiger charge is -2.23. The largest absolute Gasteiger partial charge is 0.458 e. The van der Waals surface area contributed by atoms with Crippen LogP contribution in [0.15, 0.2) is 122 Å². The van der Waals surface area contributed by atoms with Crippen LogP contribution in [-0.4, -0.2) is 46.9 Å². The minimum Gasteiger partial charge on any atom is -0.458 e. The van der Waals surface area contributed by atoms with Crippen molar-refractivity contribution in [2.24, 2.45) is 0 Å². The molecule has 0 aliphatic rings. The first-order valence-electron chi connectivity index (χ1n) is 26.3. The Labute approximate surface area is 400 Å². The number of allylic oxidation sites excluding steroid dienone is 19. The molecule has 3 atom stereocenters. The Morgan fingerprint density at radius 1 is 0.492 bits per heavy atom. The molecule has 0 rings (SSSR count). The molecule has 0 saturated heterocycles. The Morgan fingerprint density at radius 3 is 1.43 bits per heavy atom. The molecule has 0 radical (unpaired) electrons. The Kier molecular flexibility index (Phi) is 48.3. The van der Waals surface area contributed by atoms with Gasteiger partial charge in [-0.05, 0) is 76.7 Å². The van der Waals surface area contributed by atoms with Crippen molar-refractivity contribution in [3.63, 3.8) is 0 Å². The molecular weight excluding hydrogens is 803 g/mol. The van der Waals surface area contributed by atoms with Gasteiger partial charge in [-0.1, -0.05) is 245 Å². The molecule has 3 N–H and O–H groups in total. The monoisotopic (exact) mass is 900 g/mol. The van der Waals surface area contributed by atoms with Crippen LogP contribution in [0.5, 0.6) is 0 Å². The first-order chi connectivity index (χ1) is 32.0. The molecule has 0 aromatic rings. The van der Waals surface area contributed by atoms with E-state index in [9.17, 15) is 19.8 Å². The second-order valence-electron chi connectivity index (χ2n) is 17.3. The van der Waals surface area contributed by atoms with E-state index < -0.39 is 18.2 Å². The zero-order valence-corrected chi connectivity index (χ0v) is 41.8. The molecule has 0 aliphatic heterocycles. The first kappa shape index (κ1) is 61.3. The molecule has 0 aliphatic carbocycles. The van der Waals surface area contributed by atoms with Crippen molar-refractivity contribution in [3.05, 3.63) is 122 Å². The van der Waals surface area contributed by atoms with Gasteiger partial charge in [-0.25, -0.2) is 0 Å². The number of hydrogen-bond donors (Lipinski definition) is 3. The van der Waals surface area contributed by atoms with E-state index in [0.29, 0.717) is 19.3 Å². The summed E-state index contributed by atoms with van der Waals surface area (Å²) in [5.74, 6) is -0.667. The molecule has 6 heteroatoms. The van der Waals surface area contributed by atoms with Gasteiger partial charge < -0.3 is 20.3 Å². The van der Waals surface area contributed by atoms with Gasteiger partial charge in [0.15, 0.2) is 0 Å². The molecular formula is C59H97NO5. The third-order valence-electron chi connectivity index (χ3n) is 11.1. The zero-order valence-electron chi connectivity index (χ0n) is 41.8. The van der Waals surface area contributed by atoms with E-state index in [-0.39, 0.29) is 24.9 Å². The maximum absolute atomic E-state index is 13.2. The fourth-order valence-electron chi connectivity index (χ4n) is 7.20. The highest BCUT2D eigenvalue weighted by Crippen LogP contribution is 2.16. The summed E-state index contributed by atoms with van der Waals surface area (Å²) in [6.45, 7) is 6.18.